The molecule has 0 saturated heterocycles. The van der Waals surface area contributed by atoms with Crippen molar-refractivity contribution in [3.05, 3.63) is 61.4 Å². The van der Waals surface area contributed by atoms with Crippen LogP contribution in [0.5, 0.6) is 0 Å². The van der Waals surface area contributed by atoms with Crippen molar-refractivity contribution in [2.75, 3.05) is 5.32 Å². The van der Waals surface area contributed by atoms with Crippen molar-refractivity contribution in [3.8, 4) is 0 Å². The van der Waals surface area contributed by atoms with E-state index in [0.717, 1.165) is 21.1 Å². The Labute approximate surface area is 148 Å². The Morgan fingerprint density at radius 2 is 1.85 bits per heavy atom. The number of fused-ring (bicyclic) bond motifs is 1. The van der Waals surface area contributed by atoms with Crippen molar-refractivity contribution in [2.24, 2.45) is 14.1 Å². The first-order valence-corrected chi connectivity index (χ1v) is 8.20. The molecular weight excluding hydrogens is 336 g/mol. The number of para-hydroxylation sites is 1. The fraction of sp³-hybridized carbons (Fsp3) is 0.278. The van der Waals surface area contributed by atoms with Crippen LogP contribution in [0.4, 0.5) is 5.69 Å². The smallest absolute Gasteiger partial charge is 0.322 e. The van der Waals surface area contributed by atoms with E-state index in [0.29, 0.717) is 5.69 Å². The van der Waals surface area contributed by atoms with E-state index >= 15 is 0 Å². The Bertz CT molecular complexity index is 1170. The van der Waals surface area contributed by atoms with Crippen molar-refractivity contribution in [2.45, 2.75) is 19.8 Å². The molecule has 2 N–H and O–H groups in total. The second-order valence-corrected chi connectivity index (χ2v) is 6.10. The predicted molar refractivity (Wildman–Crippen MR) is 93.7 cm³/mol. The van der Waals surface area contributed by atoms with Crippen LogP contribution in [0.3, 0.4) is 0 Å². The minimum atomic E-state index is -0.614. The molecule has 0 bridgehead atoms. The third kappa shape index (κ3) is 2.79. The number of nitrogens with one attached hydrogen (secondary N) is 2. The Kier molecular flexibility index (Phi) is 4.41. The fourth-order valence-corrected chi connectivity index (χ4v) is 3.03. The van der Waals surface area contributed by atoms with Gasteiger partial charge >= 0.3 is 11.6 Å². The molecule has 0 saturated carbocycles. The van der Waals surface area contributed by atoms with Crippen molar-refractivity contribution < 1.29 is 14.6 Å². The van der Waals surface area contributed by atoms with Gasteiger partial charge < -0.3 is 5.32 Å². The topological polar surface area (TPSA) is 104 Å². The van der Waals surface area contributed by atoms with Crippen LogP contribution in [0.15, 0.2) is 33.9 Å². The van der Waals surface area contributed by atoms with Gasteiger partial charge in [-0.25, -0.2) is 19.1 Å². The van der Waals surface area contributed by atoms with Gasteiger partial charge in [0.2, 0.25) is 0 Å². The molecule has 26 heavy (non-hydrogen) atoms. The molecule has 0 atom stereocenters. The maximum atomic E-state index is 12.8. The quantitative estimate of drug-likeness (QED) is 0.615. The average molecular weight is 355 g/mol. The SMILES string of the molecule is CCc1ccccc1NC(=O)C1=c2c(=O)n(C)c(=O)n(C)c2=[NH+]C(=O)C1. The number of carbonyl (C=O) groups excluding carboxylic acids is 2. The molecule has 1 aromatic heterocycles. The summed E-state index contributed by atoms with van der Waals surface area (Å²) in [5.41, 5.74) is 0.468. The van der Waals surface area contributed by atoms with Gasteiger partial charge in [-0.3, -0.25) is 9.59 Å². The molecule has 0 unspecified atom stereocenters. The van der Waals surface area contributed by atoms with E-state index in [1.807, 2.05) is 19.1 Å². The molecule has 8 nitrogen and oxygen atoms in total. The summed E-state index contributed by atoms with van der Waals surface area (Å²) in [4.78, 5) is 52.1. The number of carbonyl (C=O) groups is 2. The Morgan fingerprint density at radius 3 is 2.54 bits per heavy atom. The molecule has 8 heteroatoms. The van der Waals surface area contributed by atoms with Crippen molar-refractivity contribution >= 4 is 23.1 Å². The van der Waals surface area contributed by atoms with Gasteiger partial charge in [-0.1, -0.05) is 25.1 Å². The van der Waals surface area contributed by atoms with Gasteiger partial charge in [-0.15, -0.1) is 0 Å². The highest BCUT2D eigenvalue weighted by Crippen LogP contribution is 2.16. The number of hydrogen-bond acceptors (Lipinski definition) is 4. The number of amides is 2. The number of hydrogen-bond donors (Lipinski definition) is 2. The number of anilines is 1. The lowest BCUT2D eigenvalue weighted by atomic mass is 10.1. The summed E-state index contributed by atoms with van der Waals surface area (Å²) in [6, 6.07) is 7.32. The Morgan fingerprint density at radius 1 is 1.15 bits per heavy atom. The number of aryl methyl sites for hydroxylation is 1. The van der Waals surface area contributed by atoms with E-state index in [4.69, 9.17) is 0 Å². The highest BCUT2D eigenvalue weighted by molar-refractivity contribution is 6.22. The fourth-order valence-electron chi connectivity index (χ4n) is 3.03. The minimum Gasteiger partial charge on any atom is -0.322 e. The molecule has 0 aliphatic carbocycles. The average Bonchev–Trinajstić information content (AvgIpc) is 2.64. The third-order valence-corrected chi connectivity index (χ3v) is 4.48. The number of nitrogens with zero attached hydrogens (tertiary/aromatic N) is 2. The van der Waals surface area contributed by atoms with E-state index in [1.54, 1.807) is 12.1 Å². The molecule has 2 amide bonds. The van der Waals surface area contributed by atoms with Gasteiger partial charge in [0.25, 0.3) is 17.0 Å². The van der Waals surface area contributed by atoms with E-state index in [9.17, 15) is 19.2 Å². The van der Waals surface area contributed by atoms with Gasteiger partial charge in [0.1, 0.15) is 5.22 Å². The lowest BCUT2D eigenvalue weighted by molar-refractivity contribution is -0.424. The van der Waals surface area contributed by atoms with Crippen molar-refractivity contribution in [1.29, 1.82) is 0 Å². The van der Waals surface area contributed by atoms with Gasteiger partial charge in [-0.2, -0.15) is 4.57 Å². The number of benzene rings is 1. The molecule has 2 heterocycles. The van der Waals surface area contributed by atoms with Gasteiger partial charge in [-0.05, 0) is 18.1 Å². The van der Waals surface area contributed by atoms with Crippen LogP contribution in [0.25, 0.3) is 5.57 Å². The van der Waals surface area contributed by atoms with Crippen molar-refractivity contribution in [1.82, 2.24) is 9.13 Å². The second-order valence-electron chi connectivity index (χ2n) is 6.10. The van der Waals surface area contributed by atoms with Crippen LogP contribution in [-0.4, -0.2) is 20.9 Å². The lowest BCUT2D eigenvalue weighted by Gasteiger charge is -2.12. The summed E-state index contributed by atoms with van der Waals surface area (Å²) in [6.45, 7) is 1.97. The van der Waals surface area contributed by atoms with Crippen LogP contribution in [0, 0.1) is 0 Å². The summed E-state index contributed by atoms with van der Waals surface area (Å²) >= 11 is 0. The monoisotopic (exact) mass is 355 g/mol. The van der Waals surface area contributed by atoms with Crippen LogP contribution in [0.2, 0.25) is 0 Å². The highest BCUT2D eigenvalue weighted by Gasteiger charge is 2.27. The maximum Gasteiger partial charge on any atom is 0.417 e. The third-order valence-electron chi connectivity index (χ3n) is 4.48. The largest absolute Gasteiger partial charge is 0.417 e. The van der Waals surface area contributed by atoms with Crippen LogP contribution in [0.1, 0.15) is 18.9 Å². The van der Waals surface area contributed by atoms with Gasteiger partial charge in [0.15, 0.2) is 0 Å². The number of aromatic nitrogens is 2. The second kappa shape index (κ2) is 6.55. The zero-order valence-corrected chi connectivity index (χ0v) is 14.8. The Balaban J connectivity index is 2.25. The summed E-state index contributed by atoms with van der Waals surface area (Å²) in [5, 5.41) is 2.82. The predicted octanol–water partition coefficient (Wildman–Crippen LogP) is -2.93. The zero-order valence-electron chi connectivity index (χ0n) is 14.8. The van der Waals surface area contributed by atoms with Crippen LogP contribution < -0.4 is 32.3 Å². The molecule has 1 aromatic carbocycles. The first-order valence-electron chi connectivity index (χ1n) is 8.20. The molecule has 3 rings (SSSR count). The van der Waals surface area contributed by atoms with Crippen LogP contribution >= 0.6 is 0 Å². The normalized spacial score (nSPS) is 13.2. The highest BCUT2D eigenvalue weighted by atomic mass is 16.2. The molecule has 2 aromatic rings. The van der Waals surface area contributed by atoms with Crippen LogP contribution in [-0.2, 0) is 30.1 Å². The van der Waals surface area contributed by atoms with E-state index < -0.39 is 23.1 Å². The molecule has 0 radical (unpaired) electrons. The molecule has 0 spiro atoms. The molecule has 0 fully saturated rings. The van der Waals surface area contributed by atoms with E-state index in [-0.39, 0.29) is 22.7 Å². The first-order chi connectivity index (χ1) is 12.3. The van der Waals surface area contributed by atoms with E-state index in [2.05, 4.69) is 10.3 Å². The minimum absolute atomic E-state index is 0.0423. The lowest BCUT2D eigenvalue weighted by Crippen LogP contribution is -2.89. The molecule has 1 aliphatic rings. The first kappa shape index (κ1) is 17.5. The molecular formula is C18H19N4O4+. The zero-order chi connectivity index (χ0) is 19.0. The standard InChI is InChI=1S/C18H18N4O4/c1-4-10-7-5-6-8-12(10)19-16(24)11-9-13(23)20-15-14(11)17(25)22(3)18(26)21(15)2/h5-8H,4,9H2,1-3H3,(H,19,24)/p+1. The molecule has 134 valence electrons. The maximum absolute atomic E-state index is 12.8. The van der Waals surface area contributed by atoms with Gasteiger partial charge in [0, 0.05) is 18.3 Å². The summed E-state index contributed by atoms with van der Waals surface area (Å²) < 4.78 is 2.07. The summed E-state index contributed by atoms with van der Waals surface area (Å²) in [7, 11) is 2.78. The molecule has 1 aliphatic heterocycles. The summed E-state index contributed by atoms with van der Waals surface area (Å²) in [5.74, 6) is -0.979. The summed E-state index contributed by atoms with van der Waals surface area (Å²) in [6.07, 6.45) is 0.486. The van der Waals surface area contributed by atoms with E-state index in [1.165, 1.54) is 14.1 Å². The number of rotatable bonds is 3. The Hall–Kier alpha value is -3.29. The van der Waals surface area contributed by atoms with Gasteiger partial charge in [0.05, 0.1) is 13.5 Å². The van der Waals surface area contributed by atoms with Crippen molar-refractivity contribution in [3.63, 3.8) is 0 Å².